The number of carbonyl (C=O) groups excluding carboxylic acids is 5. The van der Waals surface area contributed by atoms with Gasteiger partial charge in [-0.1, -0.05) is 33.8 Å². The number of hydrogen-bond acceptors (Lipinski definition) is 12. The van der Waals surface area contributed by atoms with Gasteiger partial charge in [0.1, 0.15) is 18.1 Å². The highest BCUT2D eigenvalue weighted by Gasteiger charge is 2.42. The minimum Gasteiger partial charge on any atom is -0.464 e. The third-order valence-corrected chi connectivity index (χ3v) is 14.7. The molecule has 3 saturated heterocycles. The van der Waals surface area contributed by atoms with E-state index in [0.717, 1.165) is 44.7 Å². The molecule has 3 aromatic heterocycles. The summed E-state index contributed by atoms with van der Waals surface area (Å²) < 4.78 is 14.2. The number of fused-ring (bicyclic) bond motifs is 6. The van der Waals surface area contributed by atoms with Gasteiger partial charge >= 0.3 is 12.0 Å². The second kappa shape index (κ2) is 19.7. The number of benzene rings is 1. The molecule has 8 rings (SSSR count). The SMILES string of the molecule is CCn1c(-c2cccnc2[C@H](C)OC)c2c3cc(ccc31)-c1csc(n1)C[C@H](NC(=O)[C@H](C(C)C)N(C)C(=O)N1CC[C@H](N(C)C(=O)[C@H]3CN3)C1)C(=O)N1CCC[C@H](N1)C(=O)OCC(C)(C)C2. The molecular weight excluding hydrogens is 873 g/mol. The van der Waals surface area contributed by atoms with Gasteiger partial charge in [-0.3, -0.25) is 29.2 Å². The molecule has 4 aromatic rings. The van der Waals surface area contributed by atoms with Crippen molar-refractivity contribution in [2.24, 2.45) is 11.3 Å². The minimum absolute atomic E-state index is 0.0173. The fourth-order valence-corrected chi connectivity index (χ4v) is 10.8. The van der Waals surface area contributed by atoms with Crippen LogP contribution in [0.4, 0.5) is 4.79 Å². The third-order valence-electron chi connectivity index (χ3n) is 13.8. The number of amides is 5. The lowest BCUT2D eigenvalue weighted by molar-refractivity contribution is -0.155. The van der Waals surface area contributed by atoms with E-state index < -0.39 is 41.3 Å². The van der Waals surface area contributed by atoms with E-state index in [0.29, 0.717) is 63.4 Å². The first-order valence-electron chi connectivity index (χ1n) is 23.6. The van der Waals surface area contributed by atoms with Crippen LogP contribution in [-0.2, 0) is 48.0 Å². The number of aromatic nitrogens is 3. The van der Waals surface area contributed by atoms with Crippen molar-refractivity contribution in [1.82, 2.24) is 50.3 Å². The number of carbonyl (C=O) groups is 5. The van der Waals surface area contributed by atoms with Crippen LogP contribution in [0.2, 0.25) is 0 Å². The van der Waals surface area contributed by atoms with E-state index in [1.54, 1.807) is 37.2 Å². The molecule has 67 heavy (non-hydrogen) atoms. The molecular formula is C49H66N10O7S. The molecule has 0 saturated carbocycles. The first-order chi connectivity index (χ1) is 32.0. The van der Waals surface area contributed by atoms with Crippen molar-refractivity contribution in [2.75, 3.05) is 54.0 Å². The Bertz CT molecular complexity index is 2520. The maximum absolute atomic E-state index is 14.7. The van der Waals surface area contributed by atoms with Gasteiger partial charge in [0, 0.05) is 99.4 Å². The number of ether oxygens (including phenoxy) is 2. The third kappa shape index (κ3) is 9.94. The van der Waals surface area contributed by atoms with Gasteiger partial charge in [-0.2, -0.15) is 0 Å². The minimum atomic E-state index is -1.08. The van der Waals surface area contributed by atoms with Gasteiger partial charge in [0.05, 0.1) is 46.9 Å². The number of likely N-dealkylation sites (N-methyl/N-ethyl adjacent to an activating group) is 2. The van der Waals surface area contributed by atoms with Crippen molar-refractivity contribution in [1.29, 1.82) is 0 Å². The van der Waals surface area contributed by atoms with Crippen LogP contribution in [-0.4, -0.2) is 148 Å². The number of nitrogens with one attached hydrogen (secondary N) is 3. The molecule has 4 aliphatic rings. The first kappa shape index (κ1) is 48.0. The molecule has 0 radical (unpaired) electrons. The zero-order valence-electron chi connectivity index (χ0n) is 40.3. The van der Waals surface area contributed by atoms with E-state index in [1.165, 1.54) is 21.2 Å². The van der Waals surface area contributed by atoms with Crippen molar-refractivity contribution >= 4 is 52.0 Å². The maximum Gasteiger partial charge on any atom is 0.324 e. The number of urea groups is 1. The number of cyclic esters (lactones) is 1. The second-order valence-corrected chi connectivity index (χ2v) is 20.6. The van der Waals surface area contributed by atoms with Gasteiger partial charge in [0.15, 0.2) is 0 Å². The summed E-state index contributed by atoms with van der Waals surface area (Å²) in [5.74, 6) is -1.65. The molecule has 3 fully saturated rings. The number of hydrogen-bond donors (Lipinski definition) is 3. The van der Waals surface area contributed by atoms with Crippen LogP contribution in [0.1, 0.15) is 83.2 Å². The number of rotatable bonds is 10. The van der Waals surface area contributed by atoms with E-state index in [4.69, 9.17) is 19.4 Å². The number of methoxy groups -OCH3 is 1. The van der Waals surface area contributed by atoms with Crippen LogP contribution in [0.15, 0.2) is 41.9 Å². The van der Waals surface area contributed by atoms with Crippen molar-refractivity contribution < 1.29 is 33.4 Å². The number of likely N-dealkylation sites (tertiary alicyclic amines) is 1. The standard InChI is InChI=1S/C49H66N10O7S/c1-10-58-39-16-15-30-21-33(39)34(43(58)32-13-11-18-50-41(32)29(4)65-9)23-49(5,6)27-66-47(63)35-14-12-19-59(54-35)46(62)36(22-40-52-38(30)26-67-40)53-44(60)42(28(2)3)56(8)48(64)57-20-17-31(25-57)55(7)45(61)37-24-51-37/h11,13,15-16,18,21,26,28-29,31,35-37,42,51,54H,10,12,14,17,19-20,22-25,27H2,1-9H3,(H,53,60)/t29-,31-,35-,36-,37+,42-/m0/s1. The van der Waals surface area contributed by atoms with Gasteiger partial charge in [-0.25, -0.2) is 15.2 Å². The van der Waals surface area contributed by atoms with E-state index in [-0.39, 0.29) is 49.1 Å². The van der Waals surface area contributed by atoms with Gasteiger partial charge in [0.2, 0.25) is 11.8 Å². The molecule has 0 spiro atoms. The largest absolute Gasteiger partial charge is 0.464 e. The highest BCUT2D eigenvalue weighted by Crippen LogP contribution is 2.42. The zero-order chi connectivity index (χ0) is 47.9. The smallest absolute Gasteiger partial charge is 0.324 e. The van der Waals surface area contributed by atoms with Crippen molar-refractivity contribution in [2.45, 2.75) is 117 Å². The van der Waals surface area contributed by atoms with Crippen LogP contribution in [0, 0.1) is 11.3 Å². The molecule has 17 nitrogen and oxygen atoms in total. The van der Waals surface area contributed by atoms with Gasteiger partial charge < -0.3 is 39.4 Å². The van der Waals surface area contributed by atoms with Crippen LogP contribution in [0.5, 0.6) is 0 Å². The summed E-state index contributed by atoms with van der Waals surface area (Å²) in [7, 11) is 5.07. The number of thiazole rings is 1. The van der Waals surface area contributed by atoms with Crippen molar-refractivity contribution in [3.8, 4) is 22.5 Å². The number of nitrogens with zero attached hydrogens (tertiary/aromatic N) is 7. The highest BCUT2D eigenvalue weighted by atomic mass is 32.1. The van der Waals surface area contributed by atoms with Crippen LogP contribution < -0.4 is 16.1 Å². The molecule has 0 aliphatic carbocycles. The van der Waals surface area contributed by atoms with Gasteiger partial charge in [-0.05, 0) is 75.3 Å². The molecule has 1 aromatic carbocycles. The monoisotopic (exact) mass is 938 g/mol. The molecule has 360 valence electrons. The topological polar surface area (TPSA) is 193 Å². The molecule has 6 bridgehead atoms. The Labute approximate surface area is 396 Å². The number of esters is 1. The molecule has 18 heteroatoms. The summed E-state index contributed by atoms with van der Waals surface area (Å²) in [5.41, 5.74) is 9.28. The van der Waals surface area contributed by atoms with Gasteiger partial charge in [-0.15, -0.1) is 11.3 Å². The quantitative estimate of drug-likeness (QED) is 0.146. The summed E-state index contributed by atoms with van der Waals surface area (Å²) >= 11 is 1.41. The van der Waals surface area contributed by atoms with E-state index in [9.17, 15) is 24.0 Å². The normalized spacial score (nSPS) is 22.8. The van der Waals surface area contributed by atoms with E-state index in [2.05, 4.69) is 65.7 Å². The molecule has 7 heterocycles. The van der Waals surface area contributed by atoms with Gasteiger partial charge in [0.25, 0.3) is 5.91 Å². The lowest BCUT2D eigenvalue weighted by atomic mass is 9.84. The molecule has 6 atom stereocenters. The Morgan fingerprint density at radius 1 is 1.10 bits per heavy atom. The van der Waals surface area contributed by atoms with E-state index >= 15 is 0 Å². The lowest BCUT2D eigenvalue weighted by Crippen LogP contribution is -2.62. The predicted molar refractivity (Wildman–Crippen MR) is 256 cm³/mol. The van der Waals surface area contributed by atoms with Crippen LogP contribution in [0.3, 0.4) is 0 Å². The number of aryl methyl sites for hydroxylation is 1. The van der Waals surface area contributed by atoms with Crippen molar-refractivity contribution in [3.05, 3.63) is 58.2 Å². The summed E-state index contributed by atoms with van der Waals surface area (Å²) in [4.78, 5) is 84.7. The van der Waals surface area contributed by atoms with Crippen molar-refractivity contribution in [3.63, 3.8) is 0 Å². The summed E-state index contributed by atoms with van der Waals surface area (Å²) in [6.45, 7) is 14.7. The summed E-state index contributed by atoms with van der Waals surface area (Å²) in [6, 6.07) is 7.02. The maximum atomic E-state index is 14.7. The first-order valence-corrected chi connectivity index (χ1v) is 24.5. The Kier molecular flexibility index (Phi) is 14.1. The lowest BCUT2D eigenvalue weighted by Gasteiger charge is -2.37. The average Bonchev–Trinajstić information content (AvgIpc) is 3.72. The Morgan fingerprint density at radius 3 is 2.60 bits per heavy atom. The van der Waals surface area contributed by atoms with E-state index in [1.807, 2.05) is 32.2 Å². The second-order valence-electron chi connectivity index (χ2n) is 19.7. The Balaban J connectivity index is 1.13. The molecule has 5 amide bonds. The molecule has 0 unspecified atom stereocenters. The molecule has 3 N–H and O–H groups in total. The number of pyridine rings is 1. The number of hydrazine groups is 1. The molecule has 4 aliphatic heterocycles. The zero-order valence-corrected chi connectivity index (χ0v) is 41.1. The fourth-order valence-electron chi connectivity index (χ4n) is 9.98. The predicted octanol–water partition coefficient (Wildman–Crippen LogP) is 4.78. The summed E-state index contributed by atoms with van der Waals surface area (Å²) in [6.07, 6.45) is 3.83. The average molecular weight is 939 g/mol. The van der Waals surface area contributed by atoms with Crippen LogP contribution in [0.25, 0.3) is 33.4 Å². The van der Waals surface area contributed by atoms with Crippen LogP contribution >= 0.6 is 11.3 Å². The summed E-state index contributed by atoms with van der Waals surface area (Å²) in [5, 5.41) is 11.2. The fraction of sp³-hybridized carbons (Fsp3) is 0.571. The Morgan fingerprint density at radius 2 is 1.88 bits per heavy atom. The highest BCUT2D eigenvalue weighted by molar-refractivity contribution is 7.10. The Hall–Kier alpha value is -5.43.